The van der Waals surface area contributed by atoms with Crippen LogP contribution in [0.4, 0.5) is 4.39 Å². The molecule has 0 N–H and O–H groups in total. The van der Waals surface area contributed by atoms with E-state index < -0.39 is 0 Å². The zero-order valence-corrected chi connectivity index (χ0v) is 12.9. The number of ketones is 1. The maximum Gasteiger partial charge on any atom is 0.167 e. The van der Waals surface area contributed by atoms with E-state index in [9.17, 15) is 9.18 Å². The van der Waals surface area contributed by atoms with Crippen molar-refractivity contribution in [2.75, 3.05) is 20.1 Å². The molecule has 0 saturated carbocycles. The summed E-state index contributed by atoms with van der Waals surface area (Å²) in [6.45, 7) is 3.68. The van der Waals surface area contributed by atoms with Crippen molar-refractivity contribution >= 4 is 5.78 Å². The molecule has 0 spiro atoms. The fourth-order valence-corrected chi connectivity index (χ4v) is 3.25. The highest BCUT2D eigenvalue weighted by Gasteiger charge is 2.37. The summed E-state index contributed by atoms with van der Waals surface area (Å²) in [7, 11) is 2.04. The van der Waals surface area contributed by atoms with Gasteiger partial charge in [0.2, 0.25) is 0 Å². The monoisotopic (exact) mass is 297 g/mol. The Morgan fingerprint density at radius 1 is 1.05 bits per heavy atom. The Kier molecular flexibility index (Phi) is 4.08. The third-order valence-electron chi connectivity index (χ3n) is 4.47. The van der Waals surface area contributed by atoms with Gasteiger partial charge in [0.25, 0.3) is 0 Å². The Morgan fingerprint density at radius 2 is 1.68 bits per heavy atom. The molecular weight excluding hydrogens is 277 g/mol. The number of benzene rings is 2. The van der Waals surface area contributed by atoms with Gasteiger partial charge >= 0.3 is 0 Å². The lowest BCUT2D eigenvalue weighted by molar-refractivity contribution is 0.0915. The molecular formula is C19H20FNO. The molecule has 114 valence electrons. The highest BCUT2D eigenvalue weighted by atomic mass is 19.1. The second kappa shape index (κ2) is 6.01. The SMILES string of the molecule is Cc1ccc([C@H]2CN(C)C[C@@H]2C(=O)c2ccc(F)cc2)cc1. The van der Waals surface area contributed by atoms with Crippen LogP contribution in [0.2, 0.25) is 0 Å². The number of carbonyl (C=O) groups excluding carboxylic acids is 1. The van der Waals surface area contributed by atoms with Gasteiger partial charge in [-0.2, -0.15) is 0 Å². The Morgan fingerprint density at radius 3 is 2.32 bits per heavy atom. The van der Waals surface area contributed by atoms with Crippen LogP contribution in [-0.4, -0.2) is 30.8 Å². The van der Waals surface area contributed by atoms with Crippen molar-refractivity contribution in [1.29, 1.82) is 0 Å². The van der Waals surface area contributed by atoms with Gasteiger partial charge in [0.05, 0.1) is 0 Å². The van der Waals surface area contributed by atoms with E-state index in [2.05, 4.69) is 36.1 Å². The predicted molar refractivity (Wildman–Crippen MR) is 85.6 cm³/mol. The van der Waals surface area contributed by atoms with Crippen LogP contribution in [0.25, 0.3) is 0 Å². The number of carbonyl (C=O) groups is 1. The second-order valence-electron chi connectivity index (χ2n) is 6.22. The van der Waals surface area contributed by atoms with E-state index in [-0.39, 0.29) is 23.4 Å². The van der Waals surface area contributed by atoms with Gasteiger partial charge in [-0.3, -0.25) is 4.79 Å². The van der Waals surface area contributed by atoms with Crippen LogP contribution in [0.1, 0.15) is 27.4 Å². The molecule has 1 aliphatic rings. The summed E-state index contributed by atoms with van der Waals surface area (Å²) in [6.07, 6.45) is 0. The largest absolute Gasteiger partial charge is 0.305 e. The summed E-state index contributed by atoms with van der Waals surface area (Å²) in [6, 6.07) is 14.3. The quantitative estimate of drug-likeness (QED) is 0.806. The van der Waals surface area contributed by atoms with E-state index in [1.165, 1.54) is 23.3 Å². The molecule has 1 aliphatic heterocycles. The Balaban J connectivity index is 1.88. The molecule has 1 fully saturated rings. The molecule has 0 amide bonds. The minimum absolute atomic E-state index is 0.0711. The van der Waals surface area contributed by atoms with E-state index in [1.807, 2.05) is 7.05 Å². The summed E-state index contributed by atoms with van der Waals surface area (Å²) in [5.41, 5.74) is 3.02. The van der Waals surface area contributed by atoms with Crippen LogP contribution < -0.4 is 0 Å². The van der Waals surface area contributed by atoms with Gasteiger partial charge in [-0.05, 0) is 43.8 Å². The van der Waals surface area contributed by atoms with Crippen molar-refractivity contribution in [2.45, 2.75) is 12.8 Å². The average Bonchev–Trinajstić information content (AvgIpc) is 2.90. The summed E-state index contributed by atoms with van der Waals surface area (Å²) >= 11 is 0. The number of rotatable bonds is 3. The van der Waals surface area contributed by atoms with Gasteiger partial charge < -0.3 is 4.90 Å². The van der Waals surface area contributed by atoms with Crippen molar-refractivity contribution in [3.63, 3.8) is 0 Å². The smallest absolute Gasteiger partial charge is 0.167 e. The summed E-state index contributed by atoms with van der Waals surface area (Å²) < 4.78 is 13.0. The molecule has 0 aliphatic carbocycles. The predicted octanol–water partition coefficient (Wildman–Crippen LogP) is 3.66. The van der Waals surface area contributed by atoms with Gasteiger partial charge in [-0.1, -0.05) is 29.8 Å². The van der Waals surface area contributed by atoms with Crippen molar-refractivity contribution < 1.29 is 9.18 Å². The zero-order valence-electron chi connectivity index (χ0n) is 12.9. The number of likely N-dealkylation sites (N-methyl/N-ethyl adjacent to an activating group) is 1. The first-order valence-electron chi connectivity index (χ1n) is 7.59. The van der Waals surface area contributed by atoms with Crippen LogP contribution in [0.5, 0.6) is 0 Å². The maximum atomic E-state index is 13.0. The molecule has 2 aromatic carbocycles. The Bertz CT molecular complexity index is 663. The van der Waals surface area contributed by atoms with E-state index in [4.69, 9.17) is 0 Å². The van der Waals surface area contributed by atoms with Crippen LogP contribution in [0.15, 0.2) is 48.5 Å². The molecule has 22 heavy (non-hydrogen) atoms. The van der Waals surface area contributed by atoms with Gasteiger partial charge in [-0.15, -0.1) is 0 Å². The molecule has 0 aromatic heterocycles. The molecule has 0 bridgehead atoms. The van der Waals surface area contributed by atoms with E-state index in [0.717, 1.165) is 13.1 Å². The van der Waals surface area contributed by atoms with Gasteiger partial charge in [0.1, 0.15) is 5.82 Å². The molecule has 2 aromatic rings. The fraction of sp³-hybridized carbons (Fsp3) is 0.316. The first-order valence-corrected chi connectivity index (χ1v) is 7.59. The molecule has 0 radical (unpaired) electrons. The molecule has 1 heterocycles. The summed E-state index contributed by atoms with van der Waals surface area (Å²) in [4.78, 5) is 15.0. The number of likely N-dealkylation sites (tertiary alicyclic amines) is 1. The van der Waals surface area contributed by atoms with Gasteiger partial charge in [0.15, 0.2) is 5.78 Å². The number of hydrogen-bond acceptors (Lipinski definition) is 2. The minimum Gasteiger partial charge on any atom is -0.305 e. The third kappa shape index (κ3) is 2.95. The lowest BCUT2D eigenvalue weighted by Crippen LogP contribution is -2.22. The van der Waals surface area contributed by atoms with Crippen LogP contribution in [-0.2, 0) is 0 Å². The molecule has 1 saturated heterocycles. The molecule has 0 unspecified atom stereocenters. The number of Topliss-reactive ketones (excluding diaryl/α,β-unsaturated/α-hetero) is 1. The fourth-order valence-electron chi connectivity index (χ4n) is 3.25. The number of hydrogen-bond donors (Lipinski definition) is 0. The number of halogens is 1. The lowest BCUT2D eigenvalue weighted by Gasteiger charge is -2.18. The molecule has 2 nitrogen and oxygen atoms in total. The molecule has 2 atom stereocenters. The van der Waals surface area contributed by atoms with Crippen molar-refractivity contribution in [3.05, 3.63) is 71.0 Å². The van der Waals surface area contributed by atoms with Crippen molar-refractivity contribution in [3.8, 4) is 0 Å². The maximum absolute atomic E-state index is 13.0. The normalized spacial score (nSPS) is 22.0. The van der Waals surface area contributed by atoms with Crippen LogP contribution in [0, 0.1) is 18.7 Å². The van der Waals surface area contributed by atoms with Gasteiger partial charge in [0, 0.05) is 30.5 Å². The summed E-state index contributed by atoms with van der Waals surface area (Å²) in [5.74, 6) is -0.0774. The van der Waals surface area contributed by atoms with Crippen LogP contribution >= 0.6 is 0 Å². The number of aryl methyl sites for hydroxylation is 1. The molecule has 3 heteroatoms. The first kappa shape index (κ1) is 14.9. The number of nitrogens with zero attached hydrogens (tertiary/aromatic N) is 1. The zero-order chi connectivity index (χ0) is 15.7. The van der Waals surface area contributed by atoms with Gasteiger partial charge in [-0.25, -0.2) is 4.39 Å². The standard InChI is InChI=1S/C19H20FNO/c1-13-3-5-14(6-4-13)17-11-21(2)12-18(17)19(22)15-7-9-16(20)10-8-15/h3-10,17-18H,11-12H2,1-2H3/t17-,18+/m1/s1. The van der Waals surface area contributed by atoms with Crippen molar-refractivity contribution in [2.24, 2.45) is 5.92 Å². The second-order valence-corrected chi connectivity index (χ2v) is 6.22. The van der Waals surface area contributed by atoms with E-state index in [0.29, 0.717) is 5.56 Å². The summed E-state index contributed by atoms with van der Waals surface area (Å²) in [5, 5.41) is 0. The highest BCUT2D eigenvalue weighted by molar-refractivity contribution is 5.98. The minimum atomic E-state index is -0.310. The average molecular weight is 297 g/mol. The van der Waals surface area contributed by atoms with E-state index >= 15 is 0 Å². The highest BCUT2D eigenvalue weighted by Crippen LogP contribution is 2.34. The lowest BCUT2D eigenvalue weighted by atomic mass is 9.83. The topological polar surface area (TPSA) is 20.3 Å². The Labute approximate surface area is 130 Å². The van der Waals surface area contributed by atoms with E-state index in [1.54, 1.807) is 12.1 Å². The molecule has 3 rings (SSSR count). The third-order valence-corrected chi connectivity index (χ3v) is 4.47. The first-order chi connectivity index (χ1) is 10.5. The van der Waals surface area contributed by atoms with Crippen molar-refractivity contribution in [1.82, 2.24) is 4.90 Å². The van der Waals surface area contributed by atoms with Crippen LogP contribution in [0.3, 0.4) is 0 Å². The Hall–Kier alpha value is -2.00.